The molecule has 8 nitrogen and oxygen atoms in total. The minimum Gasteiger partial charge on any atom is -0.381 e. The van der Waals surface area contributed by atoms with Gasteiger partial charge in [0.1, 0.15) is 11.5 Å². The Morgan fingerprint density at radius 2 is 1.29 bits per heavy atom. The highest BCUT2D eigenvalue weighted by molar-refractivity contribution is 7.82. The first-order valence-corrected chi connectivity index (χ1v) is 13.6. The number of amides is 3. The Hall–Kier alpha value is -1.36. The normalized spacial score (nSPS) is 17.5. The third-order valence-electron chi connectivity index (χ3n) is 6.62. The molecule has 2 saturated heterocycles. The predicted molar refractivity (Wildman–Crippen MR) is 147 cm³/mol. The van der Waals surface area contributed by atoms with Gasteiger partial charge in [-0.3, -0.25) is 9.69 Å². The Kier molecular flexibility index (Phi) is 11.3. The fourth-order valence-electron chi connectivity index (χ4n) is 4.17. The Bertz CT molecular complexity index is 713. The van der Waals surface area contributed by atoms with E-state index in [0.717, 1.165) is 49.0 Å². The number of likely N-dealkylation sites (N-methyl/N-ethyl adjacent to an activating group) is 2. The molecule has 0 atom stereocenters. The number of hydrogen-bond donors (Lipinski definition) is 0. The molecule has 0 N–H and O–H groups in total. The van der Waals surface area contributed by atoms with Gasteiger partial charge >= 0.3 is 6.03 Å². The summed E-state index contributed by atoms with van der Waals surface area (Å²) in [5, 5.41) is 0.841. The summed E-state index contributed by atoms with van der Waals surface area (Å²) in [5.41, 5.74) is -0.141. The van der Waals surface area contributed by atoms with Gasteiger partial charge in [-0.05, 0) is 56.2 Å². The highest BCUT2D eigenvalue weighted by Gasteiger charge is 2.38. The van der Waals surface area contributed by atoms with E-state index in [1.165, 1.54) is 4.90 Å². The quantitative estimate of drug-likeness (QED) is 0.170. The summed E-state index contributed by atoms with van der Waals surface area (Å²) in [4.78, 5) is 32.5. The molecule has 2 aliphatic rings. The van der Waals surface area contributed by atoms with Crippen molar-refractivity contribution in [1.29, 1.82) is 0 Å². The van der Waals surface area contributed by atoms with Gasteiger partial charge in [-0.25, -0.2) is 4.79 Å². The topological polar surface area (TPSA) is 65.6 Å². The summed E-state index contributed by atoms with van der Waals surface area (Å²) >= 11 is 11.1. The van der Waals surface area contributed by atoms with Crippen LogP contribution in [0.1, 0.15) is 60.8 Å². The number of carbonyl (C=O) groups is 2. The molecule has 2 heterocycles. The number of hydrogen-bond acceptors (Lipinski definition) is 6. The van der Waals surface area contributed by atoms with E-state index in [9.17, 15) is 9.59 Å². The van der Waals surface area contributed by atoms with Crippen molar-refractivity contribution < 1.29 is 19.1 Å². The average Bonchev–Trinajstić information content (AvgIpc) is 3.21. The number of carbonyl (C=O) groups excluding carboxylic acids is 2. The number of nitrogens with zero attached hydrogens (tertiary/aromatic N) is 4. The summed E-state index contributed by atoms with van der Waals surface area (Å²) < 4.78 is 11.6. The molecule has 0 saturated carbocycles. The van der Waals surface area contributed by atoms with Gasteiger partial charge in [0.2, 0.25) is 5.91 Å². The minimum absolute atomic E-state index is 0.0478. The van der Waals surface area contributed by atoms with Gasteiger partial charge in [0, 0.05) is 52.6 Å². The van der Waals surface area contributed by atoms with Crippen molar-refractivity contribution in [2.75, 3.05) is 65.7 Å². The lowest BCUT2D eigenvalue weighted by Gasteiger charge is -2.31. The van der Waals surface area contributed by atoms with Gasteiger partial charge in [-0.1, -0.05) is 39.9 Å². The van der Waals surface area contributed by atoms with Crippen LogP contribution in [-0.4, -0.2) is 107 Å². The van der Waals surface area contributed by atoms with E-state index in [4.69, 9.17) is 33.9 Å². The van der Waals surface area contributed by atoms with Crippen LogP contribution in [0.15, 0.2) is 0 Å². The third kappa shape index (κ3) is 8.91. The molecular formula is C25H44N4O4S2. The van der Waals surface area contributed by atoms with Crippen LogP contribution in [0.2, 0.25) is 0 Å². The highest BCUT2D eigenvalue weighted by atomic mass is 32.1. The van der Waals surface area contributed by atoms with Crippen LogP contribution in [0, 0.1) is 10.8 Å². The number of urea groups is 1. The number of imide groups is 1. The predicted octanol–water partition coefficient (Wildman–Crippen LogP) is 3.78. The van der Waals surface area contributed by atoms with E-state index in [2.05, 4.69) is 44.4 Å². The van der Waals surface area contributed by atoms with Crippen molar-refractivity contribution in [1.82, 2.24) is 19.6 Å². The first-order valence-electron chi connectivity index (χ1n) is 12.7. The fourth-order valence-corrected chi connectivity index (χ4v) is 4.90. The lowest BCUT2D eigenvalue weighted by molar-refractivity contribution is -0.126. The Morgan fingerprint density at radius 3 is 1.74 bits per heavy atom. The molecular weight excluding hydrogens is 484 g/mol. The van der Waals surface area contributed by atoms with Crippen molar-refractivity contribution in [2.45, 2.75) is 60.8 Å². The van der Waals surface area contributed by atoms with E-state index >= 15 is 0 Å². The van der Waals surface area contributed by atoms with Crippen molar-refractivity contribution in [2.24, 2.45) is 10.8 Å². The maximum atomic E-state index is 12.3. The molecule has 0 spiro atoms. The Morgan fingerprint density at radius 1 is 0.771 bits per heavy atom. The van der Waals surface area contributed by atoms with Crippen LogP contribution in [0.3, 0.4) is 0 Å². The molecule has 0 aliphatic carbocycles. The maximum Gasteiger partial charge on any atom is 0.327 e. The van der Waals surface area contributed by atoms with Gasteiger partial charge in [0.15, 0.2) is 5.11 Å². The molecule has 0 radical (unpaired) electrons. The van der Waals surface area contributed by atoms with Crippen molar-refractivity contribution in [3.63, 3.8) is 0 Å². The van der Waals surface area contributed by atoms with Gasteiger partial charge in [0.25, 0.3) is 0 Å². The second-order valence-electron chi connectivity index (χ2n) is 11.0. The van der Waals surface area contributed by atoms with E-state index < -0.39 is 0 Å². The maximum absolute atomic E-state index is 12.3. The van der Waals surface area contributed by atoms with Crippen molar-refractivity contribution >= 4 is 46.5 Å². The molecule has 2 aliphatic heterocycles. The van der Waals surface area contributed by atoms with E-state index in [1.54, 1.807) is 4.90 Å². The SMILES string of the molecule is CCN1CC(=O)N(CC(C)(C)CCOCCCOCCC(C)(C)CN2C(=S)CN(CC)C2=S)C1=O. The summed E-state index contributed by atoms with van der Waals surface area (Å²) in [6, 6.07) is -0.180. The largest absolute Gasteiger partial charge is 0.381 e. The molecule has 35 heavy (non-hydrogen) atoms. The third-order valence-corrected chi connectivity index (χ3v) is 7.44. The summed E-state index contributed by atoms with van der Waals surface area (Å²) in [6.45, 7) is 18.8. The van der Waals surface area contributed by atoms with Gasteiger partial charge in [-0.2, -0.15) is 0 Å². The summed E-state index contributed by atoms with van der Waals surface area (Å²) in [5.74, 6) is -0.111. The lowest BCUT2D eigenvalue weighted by atomic mass is 9.89. The minimum atomic E-state index is -0.189. The van der Waals surface area contributed by atoms with Gasteiger partial charge in [0.05, 0.1) is 6.54 Å². The van der Waals surface area contributed by atoms with E-state index in [1.807, 2.05) is 6.92 Å². The smallest absolute Gasteiger partial charge is 0.327 e. The van der Waals surface area contributed by atoms with Crippen LogP contribution in [0.25, 0.3) is 0 Å². The molecule has 2 fully saturated rings. The van der Waals surface area contributed by atoms with Crippen LogP contribution in [-0.2, 0) is 14.3 Å². The average molecular weight is 529 g/mol. The van der Waals surface area contributed by atoms with Gasteiger partial charge < -0.3 is 24.2 Å². The first kappa shape index (κ1) is 29.9. The van der Waals surface area contributed by atoms with Crippen LogP contribution < -0.4 is 0 Å². The van der Waals surface area contributed by atoms with Crippen LogP contribution in [0.4, 0.5) is 4.79 Å². The second-order valence-corrected chi connectivity index (χ2v) is 11.8. The second kappa shape index (κ2) is 13.3. The standard InChI is InChI=1S/C25H44N4O4S2/c1-7-26-16-20(30)28(22(26)31)18-24(3,4)10-14-32-12-9-13-33-15-11-25(5,6)19-29-21(34)17-27(8-2)23(29)35/h7-19H2,1-6H3. The Balaban J connectivity index is 1.55. The molecule has 3 amide bonds. The lowest BCUT2D eigenvalue weighted by Crippen LogP contribution is -2.40. The monoisotopic (exact) mass is 528 g/mol. The van der Waals surface area contributed by atoms with Crippen molar-refractivity contribution in [3.05, 3.63) is 0 Å². The van der Waals surface area contributed by atoms with E-state index in [-0.39, 0.29) is 29.3 Å². The zero-order chi connectivity index (χ0) is 26.2. The van der Waals surface area contributed by atoms with Crippen LogP contribution >= 0.6 is 24.4 Å². The number of rotatable bonds is 16. The van der Waals surface area contributed by atoms with Gasteiger partial charge in [-0.15, -0.1) is 0 Å². The highest BCUT2D eigenvalue weighted by Crippen LogP contribution is 2.26. The first-order chi connectivity index (χ1) is 16.4. The number of ether oxygens (including phenoxy) is 2. The van der Waals surface area contributed by atoms with Crippen molar-refractivity contribution in [3.8, 4) is 0 Å². The zero-order valence-corrected chi connectivity index (χ0v) is 24.1. The molecule has 0 aromatic rings. The molecule has 10 heteroatoms. The zero-order valence-electron chi connectivity index (χ0n) is 22.4. The summed E-state index contributed by atoms with van der Waals surface area (Å²) in [6.07, 6.45) is 2.54. The molecule has 200 valence electrons. The van der Waals surface area contributed by atoms with Crippen LogP contribution in [0.5, 0.6) is 0 Å². The molecule has 0 unspecified atom stereocenters. The molecule has 0 aromatic carbocycles. The molecule has 0 aromatic heterocycles. The fraction of sp³-hybridized carbons (Fsp3) is 0.840. The summed E-state index contributed by atoms with van der Waals surface area (Å²) in [7, 11) is 0. The van der Waals surface area contributed by atoms with E-state index in [0.29, 0.717) is 39.5 Å². The molecule has 0 bridgehead atoms. The molecule has 2 rings (SSSR count). The Labute approximate surface area is 222 Å². The number of thiocarbonyl (C=S) groups is 2.